The number of nitrogens with zero attached hydrogens (tertiary/aromatic N) is 1. The van der Waals surface area contributed by atoms with Crippen molar-refractivity contribution in [3.63, 3.8) is 0 Å². The first-order valence-electron chi connectivity index (χ1n) is 6.13. The molecule has 1 aromatic rings. The number of aromatic nitrogens is 2. The Kier molecular flexibility index (Phi) is 4.71. The van der Waals surface area contributed by atoms with Crippen LogP contribution in [0.1, 0.15) is 63.4 Å². The van der Waals surface area contributed by atoms with Crippen molar-refractivity contribution in [3.05, 3.63) is 18.2 Å². The molecule has 0 saturated heterocycles. The van der Waals surface area contributed by atoms with Gasteiger partial charge in [-0.15, -0.1) is 0 Å². The van der Waals surface area contributed by atoms with Crippen molar-refractivity contribution in [1.82, 2.24) is 9.97 Å². The normalized spacial score (nSPS) is 14.7. The molecule has 1 heterocycles. The number of Topliss-reactive ketones (excluding diaryl/α,β-unsaturated/α-hetero) is 1. The molecule has 0 fully saturated rings. The minimum Gasteiger partial charge on any atom is -0.342 e. The highest BCUT2D eigenvalue weighted by molar-refractivity contribution is 5.94. The van der Waals surface area contributed by atoms with Crippen LogP contribution in [0.5, 0.6) is 0 Å². The molecule has 0 bridgehead atoms. The summed E-state index contributed by atoms with van der Waals surface area (Å²) >= 11 is 0. The summed E-state index contributed by atoms with van der Waals surface area (Å²) in [6, 6.07) is 0. The largest absolute Gasteiger partial charge is 0.342 e. The summed E-state index contributed by atoms with van der Waals surface area (Å²) < 4.78 is 0. The van der Waals surface area contributed by atoms with Gasteiger partial charge in [0.25, 0.3) is 0 Å². The van der Waals surface area contributed by atoms with Gasteiger partial charge >= 0.3 is 0 Å². The minimum atomic E-state index is 0.137. The number of rotatable bonds is 7. The van der Waals surface area contributed by atoms with E-state index in [1.807, 2.05) is 0 Å². The zero-order valence-corrected chi connectivity index (χ0v) is 10.5. The van der Waals surface area contributed by atoms with Crippen LogP contribution in [-0.2, 0) is 0 Å². The van der Waals surface area contributed by atoms with Crippen molar-refractivity contribution in [2.75, 3.05) is 0 Å². The summed E-state index contributed by atoms with van der Waals surface area (Å²) in [6.45, 7) is 6.56. The number of aromatic amines is 1. The Hall–Kier alpha value is -1.12. The van der Waals surface area contributed by atoms with Crippen molar-refractivity contribution in [2.45, 2.75) is 52.9 Å². The van der Waals surface area contributed by atoms with Gasteiger partial charge in [0.2, 0.25) is 0 Å². The molecular formula is C13H22N2O. The number of carbonyl (C=O) groups excluding carboxylic acids is 1. The van der Waals surface area contributed by atoms with Crippen LogP contribution in [0.25, 0.3) is 0 Å². The van der Waals surface area contributed by atoms with E-state index >= 15 is 0 Å². The second-order valence-electron chi connectivity index (χ2n) is 4.83. The minimum absolute atomic E-state index is 0.137. The van der Waals surface area contributed by atoms with Crippen LogP contribution in [0.2, 0.25) is 0 Å². The molecule has 16 heavy (non-hydrogen) atoms. The van der Waals surface area contributed by atoms with Gasteiger partial charge in [0, 0.05) is 6.42 Å². The van der Waals surface area contributed by atoms with Crippen LogP contribution in [0, 0.1) is 5.41 Å². The van der Waals surface area contributed by atoms with E-state index in [-0.39, 0.29) is 11.2 Å². The van der Waals surface area contributed by atoms with Gasteiger partial charge in [-0.3, -0.25) is 4.79 Å². The average molecular weight is 222 g/mol. The molecule has 0 aliphatic carbocycles. The molecule has 1 aromatic heterocycles. The maximum atomic E-state index is 12.0. The Morgan fingerprint density at radius 2 is 2.25 bits per heavy atom. The Balaban J connectivity index is 2.59. The Morgan fingerprint density at radius 1 is 1.50 bits per heavy atom. The maximum absolute atomic E-state index is 12.0. The Labute approximate surface area is 97.7 Å². The number of hydrogen-bond acceptors (Lipinski definition) is 2. The van der Waals surface area contributed by atoms with Gasteiger partial charge < -0.3 is 4.98 Å². The van der Waals surface area contributed by atoms with Gasteiger partial charge in [-0.1, -0.05) is 40.0 Å². The molecule has 1 N–H and O–H groups in total. The second kappa shape index (κ2) is 5.83. The van der Waals surface area contributed by atoms with E-state index in [0.29, 0.717) is 12.1 Å². The first kappa shape index (κ1) is 12.9. The zero-order valence-electron chi connectivity index (χ0n) is 10.5. The SMILES string of the molecule is CCCCC(C)(CC)CC(=O)c1cnc[nH]1. The molecule has 90 valence electrons. The molecule has 0 amide bonds. The fraction of sp³-hybridized carbons (Fsp3) is 0.692. The highest BCUT2D eigenvalue weighted by Gasteiger charge is 2.25. The Morgan fingerprint density at radius 3 is 2.75 bits per heavy atom. The number of nitrogens with one attached hydrogen (secondary N) is 1. The summed E-state index contributed by atoms with van der Waals surface area (Å²) in [6.07, 6.45) is 8.34. The third-order valence-corrected chi connectivity index (χ3v) is 3.37. The maximum Gasteiger partial charge on any atom is 0.181 e. The van der Waals surface area contributed by atoms with Crippen LogP contribution in [0.15, 0.2) is 12.5 Å². The number of unbranched alkanes of at least 4 members (excludes halogenated alkanes) is 1. The van der Waals surface area contributed by atoms with Crippen molar-refractivity contribution in [2.24, 2.45) is 5.41 Å². The fourth-order valence-corrected chi connectivity index (χ4v) is 1.88. The number of hydrogen-bond donors (Lipinski definition) is 1. The van der Waals surface area contributed by atoms with Crippen LogP contribution in [0.4, 0.5) is 0 Å². The lowest BCUT2D eigenvalue weighted by molar-refractivity contribution is 0.0903. The number of ketones is 1. The summed E-state index contributed by atoms with van der Waals surface area (Å²) in [4.78, 5) is 18.7. The predicted octanol–water partition coefficient (Wildman–Crippen LogP) is 3.59. The summed E-state index contributed by atoms with van der Waals surface area (Å²) in [5.74, 6) is 0.179. The lowest BCUT2D eigenvalue weighted by atomic mass is 9.78. The van der Waals surface area contributed by atoms with Gasteiger partial charge in [-0.2, -0.15) is 0 Å². The standard InChI is InChI=1S/C13H22N2O/c1-4-6-7-13(3,5-2)8-12(16)11-9-14-10-15-11/h9-10H,4-8H2,1-3H3,(H,14,15). The quantitative estimate of drug-likeness (QED) is 0.716. The van der Waals surface area contributed by atoms with Gasteiger partial charge in [0.1, 0.15) is 5.69 Å². The topological polar surface area (TPSA) is 45.8 Å². The highest BCUT2D eigenvalue weighted by atomic mass is 16.1. The molecule has 0 radical (unpaired) electrons. The highest BCUT2D eigenvalue weighted by Crippen LogP contribution is 2.33. The van der Waals surface area contributed by atoms with E-state index in [4.69, 9.17) is 0 Å². The van der Waals surface area contributed by atoms with Crippen LogP contribution < -0.4 is 0 Å². The van der Waals surface area contributed by atoms with E-state index in [0.717, 1.165) is 12.8 Å². The molecule has 3 nitrogen and oxygen atoms in total. The molecule has 0 aliphatic heterocycles. The van der Waals surface area contributed by atoms with Crippen LogP contribution in [-0.4, -0.2) is 15.8 Å². The zero-order chi connectivity index (χ0) is 12.0. The molecule has 0 spiro atoms. The van der Waals surface area contributed by atoms with E-state index < -0.39 is 0 Å². The predicted molar refractivity (Wildman–Crippen MR) is 65.5 cm³/mol. The number of carbonyl (C=O) groups is 1. The Bertz CT molecular complexity index is 319. The molecule has 1 unspecified atom stereocenters. The van der Waals surface area contributed by atoms with Crippen LogP contribution in [0.3, 0.4) is 0 Å². The van der Waals surface area contributed by atoms with E-state index in [9.17, 15) is 4.79 Å². The molecule has 0 saturated carbocycles. The van der Waals surface area contributed by atoms with Gasteiger partial charge in [-0.05, 0) is 11.8 Å². The third-order valence-electron chi connectivity index (χ3n) is 3.37. The van der Waals surface area contributed by atoms with Crippen molar-refractivity contribution >= 4 is 5.78 Å². The van der Waals surface area contributed by atoms with Crippen molar-refractivity contribution < 1.29 is 4.79 Å². The van der Waals surface area contributed by atoms with E-state index in [1.165, 1.54) is 12.8 Å². The lowest BCUT2D eigenvalue weighted by Crippen LogP contribution is -2.20. The third kappa shape index (κ3) is 3.47. The molecule has 3 heteroatoms. The summed E-state index contributed by atoms with van der Waals surface area (Å²) in [5.41, 5.74) is 0.772. The summed E-state index contributed by atoms with van der Waals surface area (Å²) in [5, 5.41) is 0. The molecule has 0 aromatic carbocycles. The van der Waals surface area contributed by atoms with Crippen molar-refractivity contribution in [1.29, 1.82) is 0 Å². The van der Waals surface area contributed by atoms with Crippen molar-refractivity contribution in [3.8, 4) is 0 Å². The van der Waals surface area contributed by atoms with E-state index in [1.54, 1.807) is 12.5 Å². The van der Waals surface area contributed by atoms with Gasteiger partial charge in [0.05, 0.1) is 12.5 Å². The summed E-state index contributed by atoms with van der Waals surface area (Å²) in [7, 11) is 0. The molecule has 1 rings (SSSR count). The fourth-order valence-electron chi connectivity index (χ4n) is 1.88. The van der Waals surface area contributed by atoms with Crippen LogP contribution >= 0.6 is 0 Å². The molecule has 0 aliphatic rings. The first-order chi connectivity index (χ1) is 7.61. The second-order valence-corrected chi connectivity index (χ2v) is 4.83. The number of imidazole rings is 1. The van der Waals surface area contributed by atoms with Gasteiger partial charge in [-0.25, -0.2) is 4.98 Å². The smallest absolute Gasteiger partial charge is 0.181 e. The molecule has 1 atom stereocenters. The number of H-pyrrole nitrogens is 1. The monoisotopic (exact) mass is 222 g/mol. The van der Waals surface area contributed by atoms with Gasteiger partial charge in [0.15, 0.2) is 5.78 Å². The average Bonchev–Trinajstić information content (AvgIpc) is 2.80. The first-order valence-corrected chi connectivity index (χ1v) is 6.13. The lowest BCUT2D eigenvalue weighted by Gasteiger charge is -2.27. The van der Waals surface area contributed by atoms with E-state index in [2.05, 4.69) is 30.7 Å². The molecular weight excluding hydrogens is 200 g/mol.